The molecule has 0 aromatic rings. The first-order valence-corrected chi connectivity index (χ1v) is 7.25. The molecular weight excluding hydrogens is 291 g/mol. The molecular formula is C13H25ClF3N3. The molecule has 1 N–H and O–H groups in total. The lowest BCUT2D eigenvalue weighted by Gasteiger charge is -2.29. The van der Waals surface area contributed by atoms with Crippen LogP contribution in [0.2, 0.25) is 0 Å². The van der Waals surface area contributed by atoms with Crippen LogP contribution >= 0.6 is 12.4 Å². The lowest BCUT2D eigenvalue weighted by atomic mass is 9.97. The van der Waals surface area contributed by atoms with Crippen molar-refractivity contribution in [2.75, 3.05) is 52.4 Å². The van der Waals surface area contributed by atoms with Crippen molar-refractivity contribution in [1.82, 2.24) is 15.1 Å². The highest BCUT2D eigenvalue weighted by Crippen LogP contribution is 2.19. The molecule has 20 heavy (non-hydrogen) atoms. The molecule has 2 aliphatic heterocycles. The Hall–Kier alpha value is -0.0400. The van der Waals surface area contributed by atoms with Crippen LogP contribution in [0, 0.1) is 5.92 Å². The molecule has 0 saturated carbocycles. The fourth-order valence-electron chi connectivity index (χ4n) is 3.05. The molecule has 0 aromatic heterocycles. The molecule has 0 atom stereocenters. The van der Waals surface area contributed by atoms with Gasteiger partial charge in [0.15, 0.2) is 0 Å². The van der Waals surface area contributed by atoms with Gasteiger partial charge in [0.05, 0.1) is 6.54 Å². The van der Waals surface area contributed by atoms with Crippen molar-refractivity contribution < 1.29 is 13.2 Å². The van der Waals surface area contributed by atoms with Crippen molar-refractivity contribution in [2.45, 2.75) is 25.4 Å². The maximum absolute atomic E-state index is 12.4. The van der Waals surface area contributed by atoms with Crippen molar-refractivity contribution >= 4 is 12.4 Å². The molecule has 0 amide bonds. The number of rotatable bonds is 3. The highest BCUT2D eigenvalue weighted by molar-refractivity contribution is 5.85. The Morgan fingerprint density at radius 3 is 2.20 bits per heavy atom. The van der Waals surface area contributed by atoms with Crippen molar-refractivity contribution in [3.05, 3.63) is 0 Å². The van der Waals surface area contributed by atoms with E-state index < -0.39 is 12.7 Å². The maximum atomic E-state index is 12.4. The molecule has 2 heterocycles. The van der Waals surface area contributed by atoms with Crippen molar-refractivity contribution in [3.8, 4) is 0 Å². The molecule has 0 bridgehead atoms. The van der Waals surface area contributed by atoms with E-state index in [-0.39, 0.29) is 12.4 Å². The molecule has 0 radical (unpaired) electrons. The first-order chi connectivity index (χ1) is 9.03. The number of alkyl halides is 3. The summed E-state index contributed by atoms with van der Waals surface area (Å²) in [5.74, 6) is 0.718. The average Bonchev–Trinajstić information content (AvgIpc) is 2.54. The molecule has 0 spiro atoms. The molecule has 2 fully saturated rings. The Morgan fingerprint density at radius 2 is 1.55 bits per heavy atom. The maximum Gasteiger partial charge on any atom is 0.401 e. The highest BCUT2D eigenvalue weighted by atomic mass is 35.5. The van der Waals surface area contributed by atoms with E-state index in [1.165, 1.54) is 12.8 Å². The van der Waals surface area contributed by atoms with Crippen LogP contribution in [0.15, 0.2) is 0 Å². The molecule has 2 saturated heterocycles. The number of nitrogens with zero attached hydrogens (tertiary/aromatic N) is 2. The number of piperidine rings is 1. The van der Waals surface area contributed by atoms with E-state index in [9.17, 15) is 13.2 Å². The zero-order valence-electron chi connectivity index (χ0n) is 11.8. The first-order valence-electron chi connectivity index (χ1n) is 7.25. The molecule has 120 valence electrons. The number of nitrogens with one attached hydrogen (secondary N) is 1. The third kappa shape index (κ3) is 6.61. The monoisotopic (exact) mass is 315 g/mol. The van der Waals surface area contributed by atoms with E-state index in [1.54, 1.807) is 4.90 Å². The topological polar surface area (TPSA) is 18.5 Å². The van der Waals surface area contributed by atoms with Gasteiger partial charge in [-0.25, -0.2) is 0 Å². The van der Waals surface area contributed by atoms with Crippen LogP contribution < -0.4 is 5.32 Å². The van der Waals surface area contributed by atoms with Crippen molar-refractivity contribution in [2.24, 2.45) is 5.92 Å². The average molecular weight is 316 g/mol. The van der Waals surface area contributed by atoms with Crippen LogP contribution in [0.1, 0.15) is 19.3 Å². The summed E-state index contributed by atoms with van der Waals surface area (Å²) in [6.45, 7) is 5.30. The second-order valence-electron chi connectivity index (χ2n) is 5.74. The van der Waals surface area contributed by atoms with Gasteiger partial charge in [0, 0.05) is 19.6 Å². The van der Waals surface area contributed by atoms with E-state index in [2.05, 4.69) is 10.2 Å². The molecule has 0 aliphatic carbocycles. The van der Waals surface area contributed by atoms with Gasteiger partial charge in [0.25, 0.3) is 0 Å². The molecule has 0 aromatic carbocycles. The fourth-order valence-corrected chi connectivity index (χ4v) is 3.05. The van der Waals surface area contributed by atoms with Gasteiger partial charge in [-0.05, 0) is 51.4 Å². The highest BCUT2D eigenvalue weighted by Gasteiger charge is 2.31. The largest absolute Gasteiger partial charge is 0.401 e. The molecule has 3 nitrogen and oxygen atoms in total. The minimum absolute atomic E-state index is 0. The summed E-state index contributed by atoms with van der Waals surface area (Å²) in [7, 11) is 0. The Labute approximate surface area is 125 Å². The van der Waals surface area contributed by atoms with Gasteiger partial charge in [-0.15, -0.1) is 12.4 Å². The third-order valence-corrected chi connectivity index (χ3v) is 4.06. The van der Waals surface area contributed by atoms with Crippen LogP contribution in [0.25, 0.3) is 0 Å². The number of hydrogen-bond donors (Lipinski definition) is 1. The summed E-state index contributed by atoms with van der Waals surface area (Å²) in [5.41, 5.74) is 0. The number of halogens is 4. The zero-order valence-corrected chi connectivity index (χ0v) is 12.6. The van der Waals surface area contributed by atoms with E-state index >= 15 is 0 Å². The molecule has 7 heteroatoms. The predicted octanol–water partition coefficient (Wildman–Crippen LogP) is 1.98. The summed E-state index contributed by atoms with van der Waals surface area (Å²) in [6.07, 6.45) is -0.823. The quantitative estimate of drug-likeness (QED) is 0.859. The van der Waals surface area contributed by atoms with Crippen molar-refractivity contribution in [3.63, 3.8) is 0 Å². The Kier molecular flexibility index (Phi) is 7.58. The van der Waals surface area contributed by atoms with Crippen LogP contribution in [0.3, 0.4) is 0 Å². The summed E-state index contributed by atoms with van der Waals surface area (Å²) in [4.78, 5) is 3.90. The van der Waals surface area contributed by atoms with Gasteiger partial charge >= 0.3 is 6.18 Å². The smallest absolute Gasteiger partial charge is 0.317 e. The summed E-state index contributed by atoms with van der Waals surface area (Å²) < 4.78 is 37.1. The lowest BCUT2D eigenvalue weighted by Crippen LogP contribution is -2.39. The Morgan fingerprint density at radius 1 is 0.950 bits per heavy atom. The van der Waals surface area contributed by atoms with E-state index in [4.69, 9.17) is 0 Å². The first kappa shape index (κ1) is 18.0. The summed E-state index contributed by atoms with van der Waals surface area (Å²) in [6, 6.07) is 0. The number of hydrogen-bond acceptors (Lipinski definition) is 3. The second-order valence-corrected chi connectivity index (χ2v) is 5.74. The van der Waals surface area contributed by atoms with Crippen LogP contribution in [-0.2, 0) is 0 Å². The standard InChI is InChI=1S/C13H24F3N3.ClH/c14-13(15,16)11-19-7-1-6-18(8-9-19)10-12-2-4-17-5-3-12;/h12,17H,1-11H2;1H. The lowest BCUT2D eigenvalue weighted by molar-refractivity contribution is -0.145. The fraction of sp³-hybridized carbons (Fsp3) is 1.00. The zero-order chi connectivity index (χ0) is 13.7. The summed E-state index contributed by atoms with van der Waals surface area (Å²) in [5, 5.41) is 3.35. The third-order valence-electron chi connectivity index (χ3n) is 4.06. The van der Waals surface area contributed by atoms with Gasteiger partial charge in [0.2, 0.25) is 0 Å². The molecule has 0 unspecified atom stereocenters. The van der Waals surface area contributed by atoms with Crippen LogP contribution in [0.5, 0.6) is 0 Å². The summed E-state index contributed by atoms with van der Waals surface area (Å²) >= 11 is 0. The van der Waals surface area contributed by atoms with Crippen LogP contribution in [-0.4, -0.2) is 68.3 Å². The van der Waals surface area contributed by atoms with Crippen molar-refractivity contribution in [1.29, 1.82) is 0 Å². The minimum Gasteiger partial charge on any atom is -0.317 e. The van der Waals surface area contributed by atoms with E-state index in [1.807, 2.05) is 0 Å². The predicted molar refractivity (Wildman–Crippen MR) is 76.4 cm³/mol. The van der Waals surface area contributed by atoms with Gasteiger partial charge < -0.3 is 10.2 Å². The van der Waals surface area contributed by atoms with Crippen LogP contribution in [0.4, 0.5) is 13.2 Å². The van der Waals surface area contributed by atoms with Gasteiger partial charge in [0.1, 0.15) is 0 Å². The SMILES string of the molecule is Cl.FC(F)(F)CN1CCCN(CC2CCNCC2)CC1. The van der Waals surface area contributed by atoms with E-state index in [0.29, 0.717) is 13.1 Å². The minimum atomic E-state index is -4.07. The normalized spacial score (nSPS) is 24.1. The van der Waals surface area contributed by atoms with Gasteiger partial charge in [-0.2, -0.15) is 13.2 Å². The molecule has 2 rings (SSSR count). The second kappa shape index (κ2) is 8.41. The van der Waals surface area contributed by atoms with E-state index in [0.717, 1.165) is 45.1 Å². The van der Waals surface area contributed by atoms with Gasteiger partial charge in [-0.1, -0.05) is 0 Å². The Bertz CT molecular complexity index is 270. The molecule has 2 aliphatic rings. The van der Waals surface area contributed by atoms with Gasteiger partial charge in [-0.3, -0.25) is 4.90 Å². The Balaban J connectivity index is 0.00000200.